The lowest BCUT2D eigenvalue weighted by atomic mass is 10.1. The van der Waals surface area contributed by atoms with Crippen molar-refractivity contribution in [1.82, 2.24) is 30.5 Å². The van der Waals surface area contributed by atoms with E-state index in [4.69, 9.17) is 9.47 Å². The summed E-state index contributed by atoms with van der Waals surface area (Å²) in [6.45, 7) is 5.77. The third kappa shape index (κ3) is 8.29. The molecule has 0 unspecified atom stereocenters. The van der Waals surface area contributed by atoms with E-state index in [1.807, 2.05) is 6.08 Å². The summed E-state index contributed by atoms with van der Waals surface area (Å²) in [5, 5.41) is 7.95. The summed E-state index contributed by atoms with van der Waals surface area (Å²) in [6.07, 6.45) is 2.62. The van der Waals surface area contributed by atoms with Crippen molar-refractivity contribution in [2.24, 2.45) is 5.92 Å². The number of sulfonamides is 1. The summed E-state index contributed by atoms with van der Waals surface area (Å²) >= 11 is 0. The molecule has 51 heavy (non-hydrogen) atoms. The Morgan fingerprint density at radius 1 is 1.08 bits per heavy atom. The van der Waals surface area contributed by atoms with Gasteiger partial charge in [-0.15, -0.1) is 0 Å². The fourth-order valence-corrected chi connectivity index (χ4v) is 8.16. The molecule has 2 saturated carbocycles. The minimum Gasteiger partial charge on any atom is -0.444 e. The van der Waals surface area contributed by atoms with E-state index in [1.54, 1.807) is 39.0 Å². The molecule has 0 spiro atoms. The number of hydrogen-bond acceptors (Lipinski definition) is 10. The SMILES string of the molecule is CC(C)(C)OC(=O)N[C@H]1CCNCC/C=C\[C@@H]2C[C@@]2(C(=O)NS(=O)(=O)C2CC2)NC(=O)[C@@H]2C[C@@H](OC(=O)N3Cc4cccc(F)c4C3)CN2C1=O. The zero-order chi connectivity index (χ0) is 36.7. The zero-order valence-electron chi connectivity index (χ0n) is 28.9. The first kappa shape index (κ1) is 36.5. The van der Waals surface area contributed by atoms with Gasteiger partial charge in [0.2, 0.25) is 21.8 Å². The van der Waals surface area contributed by atoms with Crippen LogP contribution in [0.15, 0.2) is 30.4 Å². The average Bonchev–Trinajstić information content (AvgIpc) is 3.93. The Labute approximate surface area is 296 Å². The number of alkyl carbamates (subject to hydrolysis) is 1. The Morgan fingerprint density at radius 2 is 1.84 bits per heavy atom. The highest BCUT2D eigenvalue weighted by Crippen LogP contribution is 2.46. The van der Waals surface area contributed by atoms with Gasteiger partial charge in [0.1, 0.15) is 35.1 Å². The van der Waals surface area contributed by atoms with Crippen LogP contribution in [0.5, 0.6) is 0 Å². The van der Waals surface area contributed by atoms with Gasteiger partial charge in [0, 0.05) is 24.4 Å². The van der Waals surface area contributed by atoms with Crippen molar-refractivity contribution in [3.8, 4) is 0 Å². The van der Waals surface area contributed by atoms with Crippen molar-refractivity contribution in [2.75, 3.05) is 19.6 Å². The molecule has 5 amide bonds. The van der Waals surface area contributed by atoms with Crippen molar-refractivity contribution < 1.29 is 46.3 Å². The second-order valence-corrected chi connectivity index (χ2v) is 16.8. The normalized spacial score (nSPS) is 28.9. The van der Waals surface area contributed by atoms with E-state index in [1.165, 1.54) is 15.9 Å². The van der Waals surface area contributed by atoms with E-state index in [0.29, 0.717) is 43.5 Å². The number of ether oxygens (including phenoxy) is 2. The number of halogens is 1. The monoisotopic (exact) mass is 732 g/mol. The lowest BCUT2D eigenvalue weighted by Crippen LogP contribution is -2.58. The average molecular weight is 733 g/mol. The van der Waals surface area contributed by atoms with Gasteiger partial charge in [-0.2, -0.15) is 0 Å². The molecule has 1 aromatic carbocycles. The van der Waals surface area contributed by atoms with Crippen LogP contribution in [-0.2, 0) is 47.0 Å². The predicted octanol–water partition coefficient (Wildman–Crippen LogP) is 1.56. The van der Waals surface area contributed by atoms with Crippen molar-refractivity contribution in [3.63, 3.8) is 0 Å². The second kappa shape index (κ2) is 14.1. The molecule has 3 heterocycles. The lowest BCUT2D eigenvalue weighted by Gasteiger charge is -2.30. The summed E-state index contributed by atoms with van der Waals surface area (Å²) < 4.78 is 53.2. The van der Waals surface area contributed by atoms with E-state index in [-0.39, 0.29) is 38.9 Å². The van der Waals surface area contributed by atoms with E-state index < -0.39 is 86.2 Å². The van der Waals surface area contributed by atoms with Gasteiger partial charge in [0.15, 0.2) is 0 Å². The molecular weight excluding hydrogens is 687 g/mol. The molecule has 3 aliphatic heterocycles. The topological polar surface area (TPSA) is 193 Å². The molecule has 1 saturated heterocycles. The minimum absolute atomic E-state index is 0.00863. The second-order valence-electron chi connectivity index (χ2n) is 14.9. The Kier molecular flexibility index (Phi) is 10.1. The Morgan fingerprint density at radius 3 is 2.55 bits per heavy atom. The summed E-state index contributed by atoms with van der Waals surface area (Å²) in [4.78, 5) is 70.7. The van der Waals surface area contributed by atoms with Gasteiger partial charge in [-0.25, -0.2) is 22.4 Å². The quantitative estimate of drug-likeness (QED) is 0.323. The molecule has 5 aliphatic rings. The number of carbonyl (C=O) groups excluding carboxylic acids is 5. The molecular formula is C34H45FN6O9S. The van der Waals surface area contributed by atoms with Crippen LogP contribution < -0.4 is 20.7 Å². The van der Waals surface area contributed by atoms with Gasteiger partial charge < -0.3 is 30.3 Å². The molecule has 3 fully saturated rings. The Balaban J connectivity index is 1.25. The van der Waals surface area contributed by atoms with Crippen molar-refractivity contribution in [3.05, 3.63) is 47.3 Å². The van der Waals surface area contributed by atoms with Crippen LogP contribution in [0.4, 0.5) is 14.0 Å². The molecule has 6 rings (SSSR count). The maximum absolute atomic E-state index is 14.4. The van der Waals surface area contributed by atoms with Crippen LogP contribution in [0.2, 0.25) is 0 Å². The molecule has 0 radical (unpaired) electrons. The number of benzene rings is 1. The number of nitrogens with zero attached hydrogens (tertiary/aromatic N) is 2. The van der Waals surface area contributed by atoms with Crippen LogP contribution in [-0.4, -0.2) is 102 Å². The molecule has 5 atom stereocenters. The van der Waals surface area contributed by atoms with Crippen LogP contribution in [0.1, 0.15) is 70.4 Å². The molecule has 15 nitrogen and oxygen atoms in total. The van der Waals surface area contributed by atoms with Crippen LogP contribution in [0, 0.1) is 11.7 Å². The summed E-state index contributed by atoms with van der Waals surface area (Å²) in [5.74, 6) is -3.17. The first-order valence-electron chi connectivity index (χ1n) is 17.3. The number of hydrogen-bond donors (Lipinski definition) is 4. The number of rotatable bonds is 5. The first-order valence-corrected chi connectivity index (χ1v) is 18.9. The highest BCUT2D eigenvalue weighted by molar-refractivity contribution is 7.91. The van der Waals surface area contributed by atoms with Crippen LogP contribution >= 0.6 is 0 Å². The number of nitrogens with one attached hydrogen (secondary N) is 4. The fourth-order valence-electron chi connectivity index (χ4n) is 6.79. The molecule has 2 aliphatic carbocycles. The zero-order valence-corrected chi connectivity index (χ0v) is 29.7. The van der Waals surface area contributed by atoms with Crippen molar-refractivity contribution in [1.29, 1.82) is 0 Å². The summed E-state index contributed by atoms with van der Waals surface area (Å²) in [5.41, 5.74) is -1.40. The fraction of sp³-hybridized carbons (Fsp3) is 0.618. The molecule has 4 N–H and O–H groups in total. The lowest BCUT2D eigenvalue weighted by molar-refractivity contribution is -0.141. The predicted molar refractivity (Wildman–Crippen MR) is 180 cm³/mol. The number of carbonyl (C=O) groups is 5. The van der Waals surface area contributed by atoms with Gasteiger partial charge in [0.05, 0.1) is 18.3 Å². The maximum atomic E-state index is 14.4. The molecule has 1 aromatic rings. The van der Waals surface area contributed by atoms with Gasteiger partial charge in [-0.1, -0.05) is 24.3 Å². The van der Waals surface area contributed by atoms with Gasteiger partial charge in [0.25, 0.3) is 5.91 Å². The molecule has 0 aromatic heterocycles. The van der Waals surface area contributed by atoms with E-state index in [2.05, 4.69) is 20.7 Å². The Bertz CT molecular complexity index is 1730. The summed E-state index contributed by atoms with van der Waals surface area (Å²) in [6, 6.07) is 2.20. The number of amides is 5. The largest absolute Gasteiger partial charge is 0.444 e. The molecule has 278 valence electrons. The third-order valence-corrected chi connectivity index (χ3v) is 11.5. The Hall–Kier alpha value is -4.25. The van der Waals surface area contributed by atoms with E-state index >= 15 is 0 Å². The van der Waals surface area contributed by atoms with Gasteiger partial charge in [-0.05, 0) is 77.6 Å². The van der Waals surface area contributed by atoms with Crippen LogP contribution in [0.3, 0.4) is 0 Å². The van der Waals surface area contributed by atoms with Gasteiger partial charge >= 0.3 is 12.2 Å². The highest BCUT2D eigenvalue weighted by atomic mass is 32.2. The van der Waals surface area contributed by atoms with Crippen molar-refractivity contribution >= 4 is 39.9 Å². The van der Waals surface area contributed by atoms with Gasteiger partial charge in [-0.3, -0.25) is 24.0 Å². The molecule has 0 bridgehead atoms. The maximum Gasteiger partial charge on any atom is 0.410 e. The highest BCUT2D eigenvalue weighted by Gasteiger charge is 2.62. The smallest absolute Gasteiger partial charge is 0.410 e. The van der Waals surface area contributed by atoms with Crippen LogP contribution in [0.25, 0.3) is 0 Å². The van der Waals surface area contributed by atoms with E-state index in [9.17, 15) is 36.8 Å². The number of fused-ring (bicyclic) bond motifs is 3. The van der Waals surface area contributed by atoms with E-state index in [0.717, 1.165) is 0 Å². The first-order chi connectivity index (χ1) is 24.1. The molecule has 17 heteroatoms. The third-order valence-electron chi connectivity index (χ3n) is 9.72. The standard InChI is InChI=1S/C34H45FN6O9S/c1-33(2,3)50-31(45)37-26-12-14-36-13-5-4-8-21-16-34(21,30(44)39-51(47,48)23-10-11-23)38-28(42)27-15-22(18-41(27)29(26)43)49-32(46)40-17-20-7-6-9-25(35)24(20)19-40/h4,6-9,21-23,26-27,36H,5,10-19H2,1-3H3,(H,37,45)(H,38,42)(H,39,44)/b8-4-/t21-,22-,26+,27+,34-/m1/s1. The van der Waals surface area contributed by atoms with Crippen molar-refractivity contribution in [2.45, 2.75) is 107 Å². The summed E-state index contributed by atoms with van der Waals surface area (Å²) in [7, 11) is -3.93. The minimum atomic E-state index is -3.93.